The second-order valence-corrected chi connectivity index (χ2v) is 10.1. The molecule has 2 fully saturated rings. The lowest BCUT2D eigenvalue weighted by molar-refractivity contribution is 0.0774. The van der Waals surface area contributed by atoms with Crippen LogP contribution >= 0.6 is 11.6 Å². The van der Waals surface area contributed by atoms with Crippen molar-refractivity contribution in [1.82, 2.24) is 9.97 Å². The van der Waals surface area contributed by atoms with Gasteiger partial charge in [0, 0.05) is 31.9 Å². The molecule has 1 saturated heterocycles. The van der Waals surface area contributed by atoms with E-state index in [2.05, 4.69) is 21.8 Å². The second-order valence-electron chi connectivity index (χ2n) is 7.69. The maximum atomic E-state index is 12.9. The standard InChI is InChI=1S/C17H26ClN3O3S/c1-12-11-24-8-7-21(12)14-10-13(19-15(18)20-14)17(4-5-17)25(23)9-6-16(2,3)22/h10,12,22H,4-9,11H2,1-3H3/p+1. The van der Waals surface area contributed by atoms with Gasteiger partial charge in [0.25, 0.3) is 0 Å². The number of nitrogens with zero attached hydrogens (tertiary/aromatic N) is 3. The van der Waals surface area contributed by atoms with E-state index in [-0.39, 0.29) is 11.3 Å². The second kappa shape index (κ2) is 7.10. The third kappa shape index (κ3) is 4.32. The highest BCUT2D eigenvalue weighted by molar-refractivity contribution is 7.86. The molecule has 2 heterocycles. The Bertz CT molecular complexity index is 661. The first-order valence-corrected chi connectivity index (χ1v) is 10.6. The van der Waals surface area contributed by atoms with Gasteiger partial charge < -0.3 is 14.7 Å². The summed E-state index contributed by atoms with van der Waals surface area (Å²) < 4.78 is 18.0. The maximum absolute atomic E-state index is 12.9. The van der Waals surface area contributed by atoms with E-state index >= 15 is 0 Å². The van der Waals surface area contributed by atoms with Crippen LogP contribution in [0.2, 0.25) is 5.28 Å². The van der Waals surface area contributed by atoms with E-state index in [1.807, 2.05) is 6.07 Å². The Morgan fingerprint density at radius 3 is 2.80 bits per heavy atom. The van der Waals surface area contributed by atoms with Crippen molar-refractivity contribution in [3.8, 4) is 0 Å². The number of hydrogen-bond donors (Lipinski definition) is 1. The molecular formula is C17H27ClN3O3S+. The quantitative estimate of drug-likeness (QED) is 0.457. The lowest BCUT2D eigenvalue weighted by atomic mass is 10.1. The number of thiol groups is 1. The summed E-state index contributed by atoms with van der Waals surface area (Å²) in [6, 6.07) is 2.16. The third-order valence-electron chi connectivity index (χ3n) is 4.95. The van der Waals surface area contributed by atoms with Gasteiger partial charge in [-0.25, -0.2) is 9.97 Å². The molecule has 0 bridgehead atoms. The van der Waals surface area contributed by atoms with Crippen LogP contribution in [-0.2, 0) is 24.5 Å². The molecule has 1 saturated carbocycles. The number of halogens is 1. The monoisotopic (exact) mass is 388 g/mol. The lowest BCUT2D eigenvalue weighted by Gasteiger charge is -2.34. The van der Waals surface area contributed by atoms with Crippen LogP contribution in [0.5, 0.6) is 0 Å². The predicted octanol–water partition coefficient (Wildman–Crippen LogP) is 2.20. The summed E-state index contributed by atoms with van der Waals surface area (Å²) in [5.74, 6) is 1.27. The van der Waals surface area contributed by atoms with E-state index in [1.54, 1.807) is 13.8 Å². The number of ether oxygens (including phenoxy) is 1. The normalized spacial score (nSPS) is 24.2. The molecule has 3 rings (SSSR count). The van der Waals surface area contributed by atoms with Crippen LogP contribution in [-0.4, -0.2) is 52.2 Å². The fourth-order valence-electron chi connectivity index (χ4n) is 3.20. The molecule has 1 aliphatic carbocycles. The molecule has 1 N–H and O–H groups in total. The summed E-state index contributed by atoms with van der Waals surface area (Å²) in [7, 11) is -1.51. The van der Waals surface area contributed by atoms with Crippen molar-refractivity contribution in [2.75, 3.05) is 30.4 Å². The van der Waals surface area contributed by atoms with Gasteiger partial charge in [-0.2, -0.15) is 0 Å². The zero-order valence-electron chi connectivity index (χ0n) is 15.0. The highest BCUT2D eigenvalue weighted by Crippen LogP contribution is 2.51. The van der Waals surface area contributed by atoms with E-state index in [9.17, 15) is 9.32 Å². The van der Waals surface area contributed by atoms with Crippen molar-refractivity contribution in [3.05, 3.63) is 17.0 Å². The van der Waals surface area contributed by atoms with Crippen LogP contribution in [0.4, 0.5) is 5.82 Å². The van der Waals surface area contributed by atoms with Crippen molar-refractivity contribution in [2.45, 2.75) is 56.4 Å². The summed E-state index contributed by atoms with van der Waals surface area (Å²) in [5, 5.41) is 10.1. The van der Waals surface area contributed by atoms with E-state index < -0.39 is 21.1 Å². The minimum atomic E-state index is -1.51. The van der Waals surface area contributed by atoms with Gasteiger partial charge in [0.05, 0.1) is 35.7 Å². The summed E-state index contributed by atoms with van der Waals surface area (Å²) in [6.45, 7) is 7.65. The topological polar surface area (TPSA) is 75.5 Å². The van der Waals surface area contributed by atoms with E-state index in [0.29, 0.717) is 25.4 Å². The first-order chi connectivity index (χ1) is 11.7. The van der Waals surface area contributed by atoms with Crippen LogP contribution in [0, 0.1) is 0 Å². The van der Waals surface area contributed by atoms with Crippen molar-refractivity contribution in [1.29, 1.82) is 0 Å². The first kappa shape index (κ1) is 19.0. The van der Waals surface area contributed by atoms with Crippen LogP contribution in [0.3, 0.4) is 0 Å². The molecule has 6 nitrogen and oxygen atoms in total. The van der Waals surface area contributed by atoms with Gasteiger partial charge in [-0.3, -0.25) is 0 Å². The molecule has 0 spiro atoms. The average Bonchev–Trinajstić information content (AvgIpc) is 3.33. The van der Waals surface area contributed by atoms with Gasteiger partial charge >= 0.3 is 0 Å². The number of morpholine rings is 1. The van der Waals surface area contributed by atoms with Crippen LogP contribution in [0.1, 0.15) is 45.7 Å². The smallest absolute Gasteiger partial charge is 0.224 e. The van der Waals surface area contributed by atoms with E-state index in [4.69, 9.17) is 16.3 Å². The Hall–Kier alpha value is -0.760. The molecule has 0 amide bonds. The summed E-state index contributed by atoms with van der Waals surface area (Å²) in [5.41, 5.74) is -0.0308. The Morgan fingerprint density at radius 1 is 1.48 bits per heavy atom. The fourth-order valence-corrected chi connectivity index (χ4v) is 5.54. The summed E-state index contributed by atoms with van der Waals surface area (Å²) in [6.07, 6.45) is 2.20. The molecule has 0 radical (unpaired) electrons. The molecule has 2 unspecified atom stereocenters. The molecule has 8 heteroatoms. The highest BCUT2D eigenvalue weighted by atomic mass is 35.5. The predicted molar refractivity (Wildman–Crippen MR) is 101 cm³/mol. The molecule has 25 heavy (non-hydrogen) atoms. The number of anilines is 1. The maximum Gasteiger partial charge on any atom is 0.224 e. The molecule has 0 aromatic carbocycles. The Labute approximate surface area is 156 Å². The number of aromatic nitrogens is 2. The van der Waals surface area contributed by atoms with E-state index in [0.717, 1.165) is 30.9 Å². The minimum absolute atomic E-state index is 0.198. The van der Waals surface area contributed by atoms with Gasteiger partial charge in [-0.05, 0) is 32.4 Å². The third-order valence-corrected chi connectivity index (χ3v) is 7.38. The van der Waals surface area contributed by atoms with Crippen molar-refractivity contribution in [3.63, 3.8) is 0 Å². The zero-order valence-corrected chi connectivity index (χ0v) is 16.7. The largest absolute Gasteiger partial charge is 0.390 e. The fraction of sp³-hybridized carbons (Fsp3) is 0.765. The summed E-state index contributed by atoms with van der Waals surface area (Å²) >= 11 is 6.19. The number of rotatable bonds is 6. The minimum Gasteiger partial charge on any atom is -0.390 e. The van der Waals surface area contributed by atoms with E-state index in [1.165, 1.54) is 0 Å². The van der Waals surface area contributed by atoms with Crippen LogP contribution in [0.25, 0.3) is 0 Å². The van der Waals surface area contributed by atoms with Crippen molar-refractivity contribution in [2.24, 2.45) is 0 Å². The average molecular weight is 389 g/mol. The van der Waals surface area contributed by atoms with Crippen LogP contribution < -0.4 is 4.90 Å². The van der Waals surface area contributed by atoms with Gasteiger partial charge in [0.1, 0.15) is 17.3 Å². The Balaban J connectivity index is 1.83. The van der Waals surface area contributed by atoms with Gasteiger partial charge in [0.2, 0.25) is 5.28 Å². The van der Waals surface area contributed by atoms with Crippen molar-refractivity contribution < 1.29 is 14.1 Å². The first-order valence-electron chi connectivity index (χ1n) is 8.78. The molecule has 1 aromatic rings. The Morgan fingerprint density at radius 2 is 2.20 bits per heavy atom. The molecule has 2 atom stereocenters. The highest BCUT2D eigenvalue weighted by Gasteiger charge is 2.57. The SMILES string of the molecule is CC1COCCN1c1cc(C2([SH+](=O)CCC(C)(C)O)CC2)nc(Cl)n1. The zero-order chi connectivity index (χ0) is 18.2. The number of hydrogen-bond acceptors (Lipinski definition) is 6. The molecular weight excluding hydrogens is 362 g/mol. The number of aliphatic hydroxyl groups is 1. The molecule has 1 aromatic heterocycles. The Kier molecular flexibility index (Phi) is 5.40. The van der Waals surface area contributed by atoms with Crippen molar-refractivity contribution >= 4 is 28.2 Å². The lowest BCUT2D eigenvalue weighted by Crippen LogP contribution is -2.44. The van der Waals surface area contributed by atoms with Gasteiger partial charge in [0.15, 0.2) is 4.75 Å². The van der Waals surface area contributed by atoms with Gasteiger partial charge in [-0.1, -0.05) is 0 Å². The summed E-state index contributed by atoms with van der Waals surface area (Å²) in [4.78, 5) is 11.0. The molecule has 140 valence electrons. The molecule has 1 aliphatic heterocycles. The van der Waals surface area contributed by atoms with Crippen LogP contribution in [0.15, 0.2) is 6.07 Å². The van der Waals surface area contributed by atoms with Gasteiger partial charge in [-0.15, -0.1) is 4.21 Å². The molecule has 2 aliphatic rings.